The first-order valence-electron chi connectivity index (χ1n) is 5.06. The smallest absolute Gasteiger partial charge is 0.273 e. The number of hydrogen-bond donors (Lipinski definition) is 1. The van der Waals surface area contributed by atoms with E-state index in [0.29, 0.717) is 22.0 Å². The van der Waals surface area contributed by atoms with Crippen LogP contribution in [0.15, 0.2) is 22.9 Å². The van der Waals surface area contributed by atoms with Crippen molar-refractivity contribution in [2.24, 2.45) is 0 Å². The van der Waals surface area contributed by atoms with Crippen LogP contribution in [0.5, 0.6) is 0 Å². The summed E-state index contributed by atoms with van der Waals surface area (Å²) in [6, 6.07) is 3.93. The number of carbonyl (C=O) groups excluding carboxylic acids is 1. The Morgan fingerprint density at radius 2 is 2.38 bits per heavy atom. The van der Waals surface area contributed by atoms with Gasteiger partial charge < -0.3 is 5.32 Å². The minimum atomic E-state index is -0.139. The number of nitrogens with one attached hydrogen (secondary N) is 1. The van der Waals surface area contributed by atoms with E-state index in [2.05, 4.69) is 31.3 Å². The third kappa shape index (κ3) is 1.59. The summed E-state index contributed by atoms with van der Waals surface area (Å²) in [5, 5.41) is 7.01. The van der Waals surface area contributed by atoms with Crippen LogP contribution >= 0.6 is 15.9 Å². The molecule has 0 aromatic carbocycles. The van der Waals surface area contributed by atoms with Crippen molar-refractivity contribution in [1.82, 2.24) is 19.9 Å². The van der Waals surface area contributed by atoms with Crippen molar-refractivity contribution in [2.45, 2.75) is 18.9 Å². The molecule has 2 heterocycles. The first-order chi connectivity index (χ1) is 7.75. The third-order valence-corrected chi connectivity index (χ3v) is 3.18. The second-order valence-electron chi connectivity index (χ2n) is 3.79. The molecule has 1 aliphatic rings. The van der Waals surface area contributed by atoms with Crippen LogP contribution in [0.2, 0.25) is 0 Å². The number of nitrogens with zero attached hydrogens (tertiary/aromatic N) is 3. The first kappa shape index (κ1) is 9.77. The maximum atomic E-state index is 11.8. The zero-order valence-electron chi connectivity index (χ0n) is 8.35. The Morgan fingerprint density at radius 1 is 1.56 bits per heavy atom. The summed E-state index contributed by atoms with van der Waals surface area (Å²) < 4.78 is 2.20. The summed E-state index contributed by atoms with van der Waals surface area (Å²) in [6.07, 6.45) is 3.78. The number of rotatable bonds is 2. The lowest BCUT2D eigenvalue weighted by Crippen LogP contribution is -2.26. The van der Waals surface area contributed by atoms with E-state index in [-0.39, 0.29) is 5.91 Å². The molecule has 1 aliphatic carbocycles. The van der Waals surface area contributed by atoms with Crippen LogP contribution in [0.4, 0.5) is 0 Å². The van der Waals surface area contributed by atoms with Crippen LogP contribution in [0.25, 0.3) is 5.65 Å². The summed E-state index contributed by atoms with van der Waals surface area (Å²) in [4.78, 5) is 16.1. The number of fused-ring (bicyclic) bond motifs is 1. The molecule has 82 valence electrons. The molecule has 1 N–H and O–H groups in total. The minimum absolute atomic E-state index is 0.139. The molecule has 1 saturated carbocycles. The zero-order chi connectivity index (χ0) is 11.1. The van der Waals surface area contributed by atoms with E-state index in [1.54, 1.807) is 16.8 Å². The van der Waals surface area contributed by atoms with E-state index in [4.69, 9.17) is 0 Å². The lowest BCUT2D eigenvalue weighted by atomic mass is 10.4. The summed E-state index contributed by atoms with van der Waals surface area (Å²) in [6.45, 7) is 0. The van der Waals surface area contributed by atoms with Crippen molar-refractivity contribution < 1.29 is 4.79 Å². The summed E-state index contributed by atoms with van der Waals surface area (Å²) in [5.41, 5.74) is 1.06. The summed E-state index contributed by atoms with van der Waals surface area (Å²) in [7, 11) is 0. The number of amides is 1. The van der Waals surface area contributed by atoms with Crippen LogP contribution in [-0.2, 0) is 0 Å². The average Bonchev–Trinajstić information content (AvgIpc) is 3.03. The van der Waals surface area contributed by atoms with Crippen LogP contribution in [0, 0.1) is 0 Å². The molecule has 1 fully saturated rings. The molecule has 0 aliphatic heterocycles. The summed E-state index contributed by atoms with van der Waals surface area (Å²) >= 11 is 3.34. The second-order valence-corrected chi connectivity index (χ2v) is 4.54. The summed E-state index contributed by atoms with van der Waals surface area (Å²) in [5.74, 6) is -0.139. The highest BCUT2D eigenvalue weighted by atomic mass is 79.9. The van der Waals surface area contributed by atoms with Gasteiger partial charge in [0.2, 0.25) is 0 Å². The van der Waals surface area contributed by atoms with E-state index in [1.807, 2.05) is 6.07 Å². The Morgan fingerprint density at radius 3 is 3.06 bits per heavy atom. The number of carbonyl (C=O) groups is 1. The predicted molar refractivity (Wildman–Crippen MR) is 61.2 cm³/mol. The molecule has 0 unspecified atom stereocenters. The number of hydrogen-bond acceptors (Lipinski definition) is 3. The van der Waals surface area contributed by atoms with E-state index in [9.17, 15) is 4.79 Å². The van der Waals surface area contributed by atoms with Crippen LogP contribution < -0.4 is 5.32 Å². The Hall–Kier alpha value is -1.43. The van der Waals surface area contributed by atoms with Crippen molar-refractivity contribution in [3.8, 4) is 0 Å². The largest absolute Gasteiger partial charge is 0.348 e. The molecule has 0 bridgehead atoms. The molecule has 6 heteroatoms. The lowest BCUT2D eigenvalue weighted by Gasteiger charge is -1.99. The molecular weight excluding hydrogens is 272 g/mol. The maximum absolute atomic E-state index is 11.8. The topological polar surface area (TPSA) is 59.3 Å². The van der Waals surface area contributed by atoms with Crippen LogP contribution in [0.3, 0.4) is 0 Å². The van der Waals surface area contributed by atoms with Gasteiger partial charge in [0.25, 0.3) is 5.91 Å². The van der Waals surface area contributed by atoms with Gasteiger partial charge in [-0.25, -0.2) is 9.50 Å². The van der Waals surface area contributed by atoms with Crippen LogP contribution in [-0.4, -0.2) is 26.5 Å². The van der Waals surface area contributed by atoms with Gasteiger partial charge in [0.1, 0.15) is 4.60 Å². The maximum Gasteiger partial charge on any atom is 0.273 e. The molecule has 0 atom stereocenters. The normalized spacial score (nSPS) is 15.3. The molecule has 0 spiro atoms. The van der Waals surface area contributed by atoms with Crippen molar-refractivity contribution in [2.75, 3.05) is 0 Å². The van der Waals surface area contributed by atoms with Gasteiger partial charge in [-0.1, -0.05) is 0 Å². The fourth-order valence-electron chi connectivity index (χ4n) is 1.49. The quantitative estimate of drug-likeness (QED) is 0.904. The Bertz CT molecular complexity index is 561. The molecule has 16 heavy (non-hydrogen) atoms. The zero-order valence-corrected chi connectivity index (χ0v) is 9.94. The monoisotopic (exact) mass is 280 g/mol. The SMILES string of the molecule is O=C(NC1CC1)c1nc2cccnn2c1Br. The van der Waals surface area contributed by atoms with Crippen molar-refractivity contribution in [3.63, 3.8) is 0 Å². The van der Waals surface area contributed by atoms with E-state index < -0.39 is 0 Å². The number of halogens is 1. The highest BCUT2D eigenvalue weighted by Gasteiger charge is 2.26. The average molecular weight is 281 g/mol. The molecule has 0 saturated heterocycles. The Kier molecular flexibility index (Phi) is 2.17. The van der Waals surface area contributed by atoms with Gasteiger partial charge in [-0.15, -0.1) is 0 Å². The van der Waals surface area contributed by atoms with E-state index in [1.165, 1.54) is 0 Å². The van der Waals surface area contributed by atoms with Crippen molar-refractivity contribution in [1.29, 1.82) is 0 Å². The fourth-order valence-corrected chi connectivity index (χ4v) is 2.03. The Balaban J connectivity index is 2.02. The number of aromatic nitrogens is 3. The third-order valence-electron chi connectivity index (χ3n) is 2.47. The van der Waals surface area contributed by atoms with Gasteiger partial charge in [-0.2, -0.15) is 5.10 Å². The fraction of sp³-hybridized carbons (Fsp3) is 0.300. The van der Waals surface area contributed by atoms with Crippen LogP contribution in [0.1, 0.15) is 23.3 Å². The lowest BCUT2D eigenvalue weighted by molar-refractivity contribution is 0.0946. The van der Waals surface area contributed by atoms with Gasteiger partial charge in [0.15, 0.2) is 11.3 Å². The Labute approximate surface area is 100.0 Å². The van der Waals surface area contributed by atoms with Gasteiger partial charge in [-0.3, -0.25) is 4.79 Å². The molecular formula is C10H9BrN4O. The van der Waals surface area contributed by atoms with Crippen molar-refractivity contribution >= 4 is 27.5 Å². The highest BCUT2D eigenvalue weighted by molar-refractivity contribution is 9.10. The molecule has 5 nitrogen and oxygen atoms in total. The van der Waals surface area contributed by atoms with Gasteiger partial charge >= 0.3 is 0 Å². The predicted octanol–water partition coefficient (Wildman–Crippen LogP) is 1.38. The van der Waals surface area contributed by atoms with Crippen molar-refractivity contribution in [3.05, 3.63) is 28.6 Å². The van der Waals surface area contributed by atoms with Gasteiger partial charge in [-0.05, 0) is 40.9 Å². The molecule has 1 amide bonds. The van der Waals surface area contributed by atoms with E-state index in [0.717, 1.165) is 12.8 Å². The molecule has 0 radical (unpaired) electrons. The molecule has 2 aromatic heterocycles. The van der Waals surface area contributed by atoms with Gasteiger partial charge in [0.05, 0.1) is 0 Å². The minimum Gasteiger partial charge on any atom is -0.348 e. The second kappa shape index (κ2) is 3.55. The first-order valence-corrected chi connectivity index (χ1v) is 5.85. The number of imidazole rings is 1. The van der Waals surface area contributed by atoms with Gasteiger partial charge in [0, 0.05) is 12.2 Å². The molecule has 3 rings (SSSR count). The molecule has 2 aromatic rings. The highest BCUT2D eigenvalue weighted by Crippen LogP contribution is 2.22. The standard InChI is InChI=1S/C10H9BrN4O/c11-9-8(10(16)13-6-3-4-6)14-7-2-1-5-12-15(7)9/h1-2,5-6H,3-4H2,(H,13,16). The van der Waals surface area contributed by atoms with E-state index >= 15 is 0 Å².